The average molecular weight is 958 g/mol. The molecule has 0 heterocycles. The maximum absolute atomic E-state index is 9.68. The Morgan fingerprint density at radius 1 is 0.280 bits per heavy atom. The fraction of sp³-hybridized carbons (Fsp3) is 0.125. The van der Waals surface area contributed by atoms with E-state index in [1.807, 2.05) is 18.2 Å². The van der Waals surface area contributed by atoms with Crippen LogP contribution in [0.4, 0.5) is 11.4 Å². The van der Waals surface area contributed by atoms with Gasteiger partial charge in [0.25, 0.3) is 0 Å². The molecule has 0 unspecified atom stereocenters. The zero-order valence-corrected chi connectivity index (χ0v) is 42.9. The average Bonchev–Trinajstić information content (AvgIpc) is 3.97. The Morgan fingerprint density at radius 3 is 0.813 bits per heavy atom. The molecule has 0 aliphatic heterocycles. The molecule has 10 aromatic rings. The van der Waals surface area contributed by atoms with Crippen LogP contribution in [0.5, 0.6) is 0 Å². The molecular formula is C72H51N3. The molecule has 0 saturated carbocycles. The van der Waals surface area contributed by atoms with Gasteiger partial charge < -0.3 is 0 Å². The molecule has 0 bridgehead atoms. The molecule has 10 aromatic carbocycles. The van der Waals surface area contributed by atoms with Crippen LogP contribution in [0.3, 0.4) is 0 Å². The van der Waals surface area contributed by atoms with Crippen LogP contribution in [-0.2, 0) is 16.2 Å². The number of nitrogens with zero attached hydrogens (tertiary/aromatic N) is 3. The van der Waals surface area contributed by atoms with E-state index in [0.717, 1.165) is 50.1 Å². The first-order valence-electron chi connectivity index (χ1n) is 25.7. The second kappa shape index (κ2) is 16.6. The van der Waals surface area contributed by atoms with Crippen molar-refractivity contribution in [2.45, 2.75) is 57.8 Å². The van der Waals surface area contributed by atoms with Crippen LogP contribution in [0.25, 0.3) is 110 Å². The van der Waals surface area contributed by atoms with Crippen molar-refractivity contribution in [3.05, 3.63) is 262 Å². The second-order valence-electron chi connectivity index (χ2n) is 22.2. The number of nitriles is 1. The number of fused-ring (bicyclic) bond motifs is 9. The highest BCUT2D eigenvalue weighted by molar-refractivity contribution is 5.89. The lowest BCUT2D eigenvalue weighted by atomic mass is 9.81. The van der Waals surface area contributed by atoms with E-state index in [2.05, 4.69) is 239 Å². The van der Waals surface area contributed by atoms with E-state index in [4.69, 9.17) is 13.1 Å². The minimum atomic E-state index is -0.217. The monoisotopic (exact) mass is 957 g/mol. The fourth-order valence-corrected chi connectivity index (χ4v) is 12.6. The van der Waals surface area contributed by atoms with E-state index in [1.54, 1.807) is 0 Å². The Balaban J connectivity index is 0.849. The lowest BCUT2D eigenvalue weighted by Gasteiger charge is -2.22. The first-order valence-corrected chi connectivity index (χ1v) is 25.7. The molecule has 3 aliphatic rings. The highest BCUT2D eigenvalue weighted by Gasteiger charge is 2.38. The normalized spacial score (nSPS) is 14.3. The fourth-order valence-electron chi connectivity index (χ4n) is 12.6. The van der Waals surface area contributed by atoms with Crippen LogP contribution >= 0.6 is 0 Å². The van der Waals surface area contributed by atoms with Crippen LogP contribution in [0.15, 0.2) is 200 Å². The summed E-state index contributed by atoms with van der Waals surface area (Å²) in [7, 11) is 0. The Hall–Kier alpha value is -9.33. The molecular weight excluding hydrogens is 907 g/mol. The van der Waals surface area contributed by atoms with Crippen LogP contribution in [0.1, 0.15) is 80.5 Å². The van der Waals surface area contributed by atoms with Gasteiger partial charge in [0.1, 0.15) is 0 Å². The zero-order chi connectivity index (χ0) is 51.5. The lowest BCUT2D eigenvalue weighted by molar-refractivity contribution is 0.660. The van der Waals surface area contributed by atoms with Crippen LogP contribution in [0, 0.1) is 24.5 Å². The van der Waals surface area contributed by atoms with E-state index in [9.17, 15) is 5.26 Å². The smallest absolute Gasteiger partial charge is 0.187 e. The van der Waals surface area contributed by atoms with Gasteiger partial charge in [-0.25, -0.2) is 9.69 Å². The third kappa shape index (κ3) is 7.14. The predicted molar refractivity (Wildman–Crippen MR) is 309 cm³/mol. The van der Waals surface area contributed by atoms with Crippen molar-refractivity contribution in [1.82, 2.24) is 0 Å². The summed E-state index contributed by atoms with van der Waals surface area (Å²) in [5.74, 6) is 0. The van der Waals surface area contributed by atoms with Gasteiger partial charge in [0.05, 0.1) is 24.8 Å². The van der Waals surface area contributed by atoms with Crippen LogP contribution in [0.2, 0.25) is 0 Å². The molecule has 0 fully saturated rings. The minimum Gasteiger partial charge on any atom is -0.238 e. The molecule has 0 atom stereocenters. The highest BCUT2D eigenvalue weighted by atomic mass is 14.6. The summed E-state index contributed by atoms with van der Waals surface area (Å²) in [5.41, 5.74) is 30.2. The number of hydrogen-bond donors (Lipinski definition) is 0. The van der Waals surface area contributed by atoms with Crippen molar-refractivity contribution in [2.75, 3.05) is 0 Å². The van der Waals surface area contributed by atoms with Gasteiger partial charge in [0.2, 0.25) is 0 Å². The lowest BCUT2D eigenvalue weighted by Crippen LogP contribution is -2.15. The van der Waals surface area contributed by atoms with Crippen molar-refractivity contribution >= 4 is 11.4 Å². The molecule has 13 rings (SSSR count). The van der Waals surface area contributed by atoms with E-state index in [1.165, 1.54) is 83.5 Å². The predicted octanol–water partition coefficient (Wildman–Crippen LogP) is 19.6. The summed E-state index contributed by atoms with van der Waals surface area (Å²) in [4.78, 5) is 7.47. The van der Waals surface area contributed by atoms with Gasteiger partial charge in [0.15, 0.2) is 11.4 Å². The highest BCUT2D eigenvalue weighted by Crippen LogP contribution is 2.53. The topological polar surface area (TPSA) is 32.5 Å². The SMILES string of the molecule is [C-]#[N+]c1ccc2c(c1)C(C)(C)c1cc(-c3ccc(-c4cc(-c5ccc(-c6ccc7c(c6)C(C)(C)c6cc(C#N)ccc6-7)cc5)cc(-c5ccc(-c6ccc7c(c6)C(C)(C)c6cc([N+]#[C-])ccc6-7)cc5)c4)cc3)ccc1-2. The maximum Gasteiger partial charge on any atom is 0.187 e. The summed E-state index contributed by atoms with van der Waals surface area (Å²) >= 11 is 0. The third-order valence-electron chi connectivity index (χ3n) is 17.0. The first-order chi connectivity index (χ1) is 36.2. The van der Waals surface area contributed by atoms with E-state index >= 15 is 0 Å². The molecule has 354 valence electrons. The van der Waals surface area contributed by atoms with Gasteiger partial charge in [-0.15, -0.1) is 0 Å². The molecule has 0 saturated heterocycles. The van der Waals surface area contributed by atoms with Gasteiger partial charge in [-0.1, -0.05) is 193 Å². The summed E-state index contributed by atoms with van der Waals surface area (Å²) in [6.45, 7) is 28.9. The van der Waals surface area contributed by atoms with Crippen molar-refractivity contribution in [3.63, 3.8) is 0 Å². The van der Waals surface area contributed by atoms with Crippen molar-refractivity contribution < 1.29 is 0 Å². The summed E-state index contributed by atoms with van der Waals surface area (Å²) in [6.07, 6.45) is 0. The van der Waals surface area contributed by atoms with Crippen LogP contribution in [-0.4, -0.2) is 0 Å². The summed E-state index contributed by atoms with van der Waals surface area (Å²) in [6, 6.07) is 75.1. The van der Waals surface area contributed by atoms with Crippen molar-refractivity contribution in [3.8, 4) is 106 Å². The Morgan fingerprint density at radius 2 is 0.520 bits per heavy atom. The van der Waals surface area contributed by atoms with E-state index < -0.39 is 0 Å². The van der Waals surface area contributed by atoms with Gasteiger partial charge in [-0.05, 0) is 182 Å². The Labute approximate surface area is 440 Å². The van der Waals surface area contributed by atoms with Crippen molar-refractivity contribution in [1.29, 1.82) is 5.26 Å². The van der Waals surface area contributed by atoms with Gasteiger partial charge >= 0.3 is 0 Å². The standard InChI is InChI=1S/C72H51N3/c1-70(2)64-33-43(42-73)9-27-58(64)59-28-22-50(37-65(59)70)44-10-16-47(17-11-44)53-34-54(48-18-12-45(13-19-48)51-23-29-60-62-31-25-56(74-7)40-68(62)71(3,4)66(60)38-51)36-55(35-53)49-20-14-46(15-21-49)52-24-30-61-63-32-26-57(75-8)41-69(63)72(5,6)67(61)39-52/h9-41H,1-6H3. The van der Waals surface area contributed by atoms with E-state index in [0.29, 0.717) is 16.9 Å². The molecule has 3 nitrogen and oxygen atoms in total. The minimum absolute atomic E-state index is 0.210. The molecule has 0 aromatic heterocycles. The molecule has 0 spiro atoms. The largest absolute Gasteiger partial charge is 0.238 e. The van der Waals surface area contributed by atoms with Crippen molar-refractivity contribution in [2.24, 2.45) is 0 Å². The second-order valence-corrected chi connectivity index (χ2v) is 22.2. The van der Waals surface area contributed by atoms with Gasteiger partial charge in [-0.2, -0.15) is 5.26 Å². The molecule has 3 heteroatoms. The quantitative estimate of drug-likeness (QED) is 0.153. The number of benzene rings is 10. The zero-order valence-electron chi connectivity index (χ0n) is 42.9. The molecule has 75 heavy (non-hydrogen) atoms. The molecule has 0 amide bonds. The number of rotatable bonds is 6. The Kier molecular flexibility index (Phi) is 10.1. The van der Waals surface area contributed by atoms with Gasteiger partial charge in [0, 0.05) is 16.2 Å². The summed E-state index contributed by atoms with van der Waals surface area (Å²) < 4.78 is 0. The Bertz CT molecular complexity index is 3750. The van der Waals surface area contributed by atoms with E-state index in [-0.39, 0.29) is 16.2 Å². The van der Waals surface area contributed by atoms with Gasteiger partial charge in [-0.3, -0.25) is 0 Å². The molecule has 0 radical (unpaired) electrons. The third-order valence-corrected chi connectivity index (χ3v) is 17.0. The molecule has 0 N–H and O–H groups in total. The van der Waals surface area contributed by atoms with Crippen LogP contribution < -0.4 is 0 Å². The maximum atomic E-state index is 9.68. The first kappa shape index (κ1) is 45.5. The number of hydrogen-bond acceptors (Lipinski definition) is 1. The molecule has 3 aliphatic carbocycles. The summed E-state index contributed by atoms with van der Waals surface area (Å²) in [5, 5.41) is 9.68.